The van der Waals surface area contributed by atoms with Crippen molar-refractivity contribution in [1.82, 2.24) is 5.32 Å². The van der Waals surface area contributed by atoms with Crippen LogP contribution in [0.1, 0.15) is 31.4 Å². The van der Waals surface area contributed by atoms with Crippen molar-refractivity contribution in [1.29, 1.82) is 0 Å². The summed E-state index contributed by atoms with van der Waals surface area (Å²) < 4.78 is 5.48. The van der Waals surface area contributed by atoms with Gasteiger partial charge >= 0.3 is 0 Å². The van der Waals surface area contributed by atoms with Gasteiger partial charge in [-0.15, -0.1) is 0 Å². The van der Waals surface area contributed by atoms with Gasteiger partial charge in [0.2, 0.25) is 0 Å². The van der Waals surface area contributed by atoms with Crippen LogP contribution in [0.3, 0.4) is 0 Å². The van der Waals surface area contributed by atoms with Crippen LogP contribution in [0.4, 0.5) is 0 Å². The van der Waals surface area contributed by atoms with E-state index in [-0.39, 0.29) is 0 Å². The lowest BCUT2D eigenvalue weighted by atomic mass is 10.0. The zero-order chi connectivity index (χ0) is 12.1. The van der Waals surface area contributed by atoms with E-state index in [1.807, 2.05) is 12.1 Å². The minimum Gasteiger partial charge on any atom is -0.381 e. The van der Waals surface area contributed by atoms with Crippen LogP contribution in [0.2, 0.25) is 5.02 Å². The molecule has 1 saturated heterocycles. The summed E-state index contributed by atoms with van der Waals surface area (Å²) in [4.78, 5) is 0. The summed E-state index contributed by atoms with van der Waals surface area (Å²) in [6, 6.07) is 8.42. The summed E-state index contributed by atoms with van der Waals surface area (Å²) in [5.74, 6) is 0.665. The van der Waals surface area contributed by atoms with E-state index in [0.717, 1.165) is 24.8 Å². The van der Waals surface area contributed by atoms with Crippen LogP contribution in [0, 0.1) is 5.92 Å². The SMILES string of the molecule is C[C@H](NCC1CCCOC1)c1ccc(Cl)cc1. The molecule has 1 N–H and O–H groups in total. The van der Waals surface area contributed by atoms with Gasteiger partial charge in [0.05, 0.1) is 6.61 Å². The molecule has 0 radical (unpaired) electrons. The van der Waals surface area contributed by atoms with Gasteiger partial charge < -0.3 is 10.1 Å². The number of halogens is 1. The van der Waals surface area contributed by atoms with Gasteiger partial charge in [-0.1, -0.05) is 23.7 Å². The maximum absolute atomic E-state index is 5.88. The first-order valence-electron chi connectivity index (χ1n) is 6.32. The van der Waals surface area contributed by atoms with Crippen molar-refractivity contribution in [3.8, 4) is 0 Å². The van der Waals surface area contributed by atoms with Crippen molar-refractivity contribution < 1.29 is 4.74 Å². The lowest BCUT2D eigenvalue weighted by Crippen LogP contribution is -2.30. The van der Waals surface area contributed by atoms with Crippen LogP contribution in [0.15, 0.2) is 24.3 Å². The maximum atomic E-state index is 5.88. The minimum atomic E-state index is 0.370. The quantitative estimate of drug-likeness (QED) is 0.888. The standard InChI is InChI=1S/C14H20ClNO/c1-11(13-4-6-14(15)7-5-13)16-9-12-3-2-8-17-10-12/h4-7,11-12,16H,2-3,8-10H2,1H3/t11-,12?/m0/s1. The average molecular weight is 254 g/mol. The Morgan fingerprint density at radius 2 is 2.18 bits per heavy atom. The van der Waals surface area contributed by atoms with Crippen molar-refractivity contribution in [3.05, 3.63) is 34.9 Å². The van der Waals surface area contributed by atoms with E-state index in [1.165, 1.54) is 18.4 Å². The van der Waals surface area contributed by atoms with Gasteiger partial charge in [0.1, 0.15) is 0 Å². The van der Waals surface area contributed by atoms with Crippen LogP contribution >= 0.6 is 11.6 Å². The van der Waals surface area contributed by atoms with Crippen molar-refractivity contribution in [3.63, 3.8) is 0 Å². The maximum Gasteiger partial charge on any atom is 0.0506 e. The Morgan fingerprint density at radius 1 is 1.41 bits per heavy atom. The van der Waals surface area contributed by atoms with Crippen LogP contribution in [-0.2, 0) is 4.74 Å². The van der Waals surface area contributed by atoms with Gasteiger partial charge in [-0.3, -0.25) is 0 Å². The molecule has 2 nitrogen and oxygen atoms in total. The fraction of sp³-hybridized carbons (Fsp3) is 0.571. The Kier molecular flexibility index (Phi) is 4.84. The molecule has 3 heteroatoms. The topological polar surface area (TPSA) is 21.3 Å². The molecule has 94 valence electrons. The monoisotopic (exact) mass is 253 g/mol. The third-order valence-electron chi connectivity index (χ3n) is 3.34. The van der Waals surface area contributed by atoms with Crippen molar-refractivity contribution in [2.24, 2.45) is 5.92 Å². The molecule has 1 unspecified atom stereocenters. The molecule has 2 rings (SSSR count). The second-order valence-corrected chi connectivity index (χ2v) is 5.20. The number of ether oxygens (including phenoxy) is 1. The van der Waals surface area contributed by atoms with Gasteiger partial charge in [0.15, 0.2) is 0 Å². The predicted octanol–water partition coefficient (Wildman–Crippen LogP) is 3.42. The molecular formula is C14H20ClNO. The lowest BCUT2D eigenvalue weighted by molar-refractivity contribution is 0.0540. The van der Waals surface area contributed by atoms with Gasteiger partial charge in [-0.2, -0.15) is 0 Å². The van der Waals surface area contributed by atoms with Gasteiger partial charge in [0, 0.05) is 24.2 Å². The molecule has 1 fully saturated rings. The smallest absolute Gasteiger partial charge is 0.0506 e. The average Bonchev–Trinajstić information content (AvgIpc) is 2.38. The first-order chi connectivity index (χ1) is 8.25. The summed E-state index contributed by atoms with van der Waals surface area (Å²) in [5, 5.41) is 4.36. The summed E-state index contributed by atoms with van der Waals surface area (Å²) in [6.07, 6.45) is 2.47. The summed E-state index contributed by atoms with van der Waals surface area (Å²) in [5.41, 5.74) is 1.28. The van der Waals surface area contributed by atoms with Gasteiger partial charge in [0.25, 0.3) is 0 Å². The predicted molar refractivity (Wildman–Crippen MR) is 71.4 cm³/mol. The van der Waals surface area contributed by atoms with E-state index in [0.29, 0.717) is 12.0 Å². The van der Waals surface area contributed by atoms with E-state index >= 15 is 0 Å². The molecular weight excluding hydrogens is 234 g/mol. The van der Waals surface area contributed by atoms with E-state index in [2.05, 4.69) is 24.4 Å². The van der Waals surface area contributed by atoms with E-state index < -0.39 is 0 Å². The van der Waals surface area contributed by atoms with Crippen LogP contribution in [0.5, 0.6) is 0 Å². The molecule has 0 aliphatic carbocycles. The highest BCUT2D eigenvalue weighted by molar-refractivity contribution is 6.30. The zero-order valence-electron chi connectivity index (χ0n) is 10.3. The van der Waals surface area contributed by atoms with Gasteiger partial charge in [-0.05, 0) is 43.4 Å². The molecule has 2 atom stereocenters. The zero-order valence-corrected chi connectivity index (χ0v) is 11.0. The number of rotatable bonds is 4. The highest BCUT2D eigenvalue weighted by Crippen LogP contribution is 2.18. The summed E-state index contributed by atoms with van der Waals surface area (Å²) in [6.45, 7) is 5.06. The number of nitrogens with one attached hydrogen (secondary N) is 1. The number of benzene rings is 1. The second-order valence-electron chi connectivity index (χ2n) is 4.76. The van der Waals surface area contributed by atoms with Gasteiger partial charge in [-0.25, -0.2) is 0 Å². The van der Waals surface area contributed by atoms with Crippen molar-refractivity contribution >= 4 is 11.6 Å². The van der Waals surface area contributed by atoms with E-state index in [4.69, 9.17) is 16.3 Å². The highest BCUT2D eigenvalue weighted by Gasteiger charge is 2.14. The largest absolute Gasteiger partial charge is 0.381 e. The fourth-order valence-corrected chi connectivity index (χ4v) is 2.31. The molecule has 17 heavy (non-hydrogen) atoms. The van der Waals surface area contributed by atoms with Crippen LogP contribution < -0.4 is 5.32 Å². The summed E-state index contributed by atoms with van der Waals surface area (Å²) >= 11 is 5.88. The summed E-state index contributed by atoms with van der Waals surface area (Å²) in [7, 11) is 0. The third-order valence-corrected chi connectivity index (χ3v) is 3.59. The highest BCUT2D eigenvalue weighted by atomic mass is 35.5. The Hall–Kier alpha value is -0.570. The van der Waals surface area contributed by atoms with E-state index in [9.17, 15) is 0 Å². The third kappa shape index (κ3) is 3.98. The lowest BCUT2D eigenvalue weighted by Gasteiger charge is -2.24. The fourth-order valence-electron chi connectivity index (χ4n) is 2.18. The molecule has 0 amide bonds. The van der Waals surface area contributed by atoms with E-state index in [1.54, 1.807) is 0 Å². The molecule has 1 aromatic carbocycles. The van der Waals surface area contributed by atoms with Crippen molar-refractivity contribution in [2.45, 2.75) is 25.8 Å². The Balaban J connectivity index is 1.80. The number of hydrogen-bond donors (Lipinski definition) is 1. The first kappa shape index (κ1) is 12.9. The molecule has 0 spiro atoms. The normalized spacial score (nSPS) is 22.4. The molecule has 0 bridgehead atoms. The molecule has 0 aromatic heterocycles. The molecule has 1 aromatic rings. The molecule has 1 aliphatic rings. The van der Waals surface area contributed by atoms with Crippen LogP contribution in [-0.4, -0.2) is 19.8 Å². The Bertz CT molecular complexity index is 333. The molecule has 1 heterocycles. The Labute approximate surface area is 108 Å². The number of hydrogen-bond acceptors (Lipinski definition) is 2. The minimum absolute atomic E-state index is 0.370. The van der Waals surface area contributed by atoms with Crippen molar-refractivity contribution in [2.75, 3.05) is 19.8 Å². The Morgan fingerprint density at radius 3 is 2.82 bits per heavy atom. The molecule has 1 aliphatic heterocycles. The second kappa shape index (κ2) is 6.39. The molecule has 0 saturated carbocycles. The van der Waals surface area contributed by atoms with Crippen LogP contribution in [0.25, 0.3) is 0 Å². The first-order valence-corrected chi connectivity index (χ1v) is 6.70.